The summed E-state index contributed by atoms with van der Waals surface area (Å²) in [6, 6.07) is 0. The number of hydrogen-bond acceptors (Lipinski definition) is 1. The molecule has 0 heterocycles. The molecule has 0 aliphatic rings. The Kier molecular flexibility index (Phi) is 13.8. The van der Waals surface area contributed by atoms with Crippen molar-refractivity contribution in [1.29, 1.82) is 0 Å². The van der Waals surface area contributed by atoms with Crippen LogP contribution in [0.5, 0.6) is 0 Å². The van der Waals surface area contributed by atoms with Gasteiger partial charge in [0.15, 0.2) is 0 Å². The molecule has 2 heteroatoms. The zero-order valence-corrected chi connectivity index (χ0v) is 9.53. The fourth-order valence-corrected chi connectivity index (χ4v) is 1.08. The van der Waals surface area contributed by atoms with Crippen LogP contribution in [0.4, 0.5) is 0 Å². The zero-order valence-electron chi connectivity index (χ0n) is 8.77. The molecule has 0 bridgehead atoms. The maximum absolute atomic E-state index is 7.72. The minimum Gasteiger partial charge on any atom is -0.769 e. The van der Waals surface area contributed by atoms with Crippen LogP contribution in [0.25, 0.3) is 0 Å². The molecular weight excluding hydrogens is 172 g/mol. The monoisotopic (exact) mass is 193 g/mol. The summed E-state index contributed by atoms with van der Waals surface area (Å²) in [5.41, 5.74) is 0. The highest BCUT2D eigenvalue weighted by Gasteiger charge is 1.99. The second-order valence-electron chi connectivity index (χ2n) is 3.84. The topological polar surface area (TPSA) is 23.1 Å². The van der Waals surface area contributed by atoms with Crippen molar-refractivity contribution < 1.29 is 4.66 Å². The lowest BCUT2D eigenvalue weighted by atomic mass is 9.98. The van der Waals surface area contributed by atoms with E-state index in [0.29, 0.717) is 0 Å². The highest BCUT2D eigenvalue weighted by atomic mass is 35.5. The van der Waals surface area contributed by atoms with Gasteiger partial charge in [0.25, 0.3) is 0 Å². The van der Waals surface area contributed by atoms with Gasteiger partial charge in [0.1, 0.15) is 0 Å². The van der Waals surface area contributed by atoms with Crippen LogP contribution in [0.3, 0.4) is 0 Å². The molecule has 0 saturated carbocycles. The van der Waals surface area contributed by atoms with Gasteiger partial charge < -0.3 is 4.66 Å². The van der Waals surface area contributed by atoms with E-state index in [2.05, 4.69) is 39.6 Å². The molecule has 1 unspecified atom stereocenters. The van der Waals surface area contributed by atoms with Crippen LogP contribution in [0.2, 0.25) is 0 Å². The average molecular weight is 194 g/mol. The van der Waals surface area contributed by atoms with Crippen molar-refractivity contribution in [3.05, 3.63) is 0 Å². The SMILES string of the molecule is CCC(C)CCCC(C)C.[O-]Cl. The van der Waals surface area contributed by atoms with Gasteiger partial charge in [-0.05, 0) is 11.8 Å². The summed E-state index contributed by atoms with van der Waals surface area (Å²) >= 11 is 3.39. The van der Waals surface area contributed by atoms with E-state index in [0.717, 1.165) is 11.8 Å². The smallest absolute Gasteiger partial charge is 0.0445 e. The van der Waals surface area contributed by atoms with Crippen molar-refractivity contribution in [2.45, 2.75) is 53.4 Å². The van der Waals surface area contributed by atoms with Crippen LogP contribution in [-0.2, 0) is 0 Å². The molecule has 0 aromatic carbocycles. The van der Waals surface area contributed by atoms with Crippen molar-refractivity contribution in [1.82, 2.24) is 0 Å². The summed E-state index contributed by atoms with van der Waals surface area (Å²) in [4.78, 5) is 0. The molecule has 0 aromatic rings. The first-order valence-electron chi connectivity index (χ1n) is 4.82. The summed E-state index contributed by atoms with van der Waals surface area (Å²) in [6.45, 7) is 9.23. The van der Waals surface area contributed by atoms with Crippen LogP contribution in [0.1, 0.15) is 53.4 Å². The Hall–Kier alpha value is 0.250. The minimum atomic E-state index is 0.893. The Labute approximate surface area is 82.3 Å². The summed E-state index contributed by atoms with van der Waals surface area (Å²) < 4.78 is 7.72. The van der Waals surface area contributed by atoms with E-state index in [4.69, 9.17) is 4.66 Å². The van der Waals surface area contributed by atoms with E-state index in [1.165, 1.54) is 25.7 Å². The lowest BCUT2D eigenvalue weighted by molar-refractivity contribution is -0.166. The van der Waals surface area contributed by atoms with Crippen LogP contribution in [0.15, 0.2) is 0 Å². The standard InChI is InChI=1S/C10H22.ClO/c1-5-10(4)8-6-7-9(2)3;1-2/h9-10H,5-8H2,1-4H3;/q;-1. The Morgan fingerprint density at radius 3 is 1.92 bits per heavy atom. The maximum atomic E-state index is 7.72. The van der Waals surface area contributed by atoms with Crippen molar-refractivity contribution in [2.24, 2.45) is 11.8 Å². The Bertz CT molecular complexity index is 74.2. The number of rotatable bonds is 5. The lowest BCUT2D eigenvalue weighted by Gasteiger charge is -2.08. The van der Waals surface area contributed by atoms with Gasteiger partial charge in [-0.15, -0.1) is 0 Å². The molecule has 0 amide bonds. The molecule has 0 saturated heterocycles. The van der Waals surface area contributed by atoms with Crippen LogP contribution in [0, 0.1) is 11.8 Å². The molecule has 0 fully saturated rings. The fourth-order valence-electron chi connectivity index (χ4n) is 1.08. The second-order valence-corrected chi connectivity index (χ2v) is 3.84. The number of halogens is 1. The second kappa shape index (κ2) is 11.2. The normalized spacial score (nSPS) is 12.2. The van der Waals surface area contributed by atoms with Crippen molar-refractivity contribution in [3.63, 3.8) is 0 Å². The highest BCUT2D eigenvalue weighted by molar-refractivity contribution is 6.02. The molecule has 12 heavy (non-hydrogen) atoms. The molecule has 0 aliphatic carbocycles. The first-order chi connectivity index (χ1) is 5.66. The maximum Gasteiger partial charge on any atom is -0.0445 e. The molecule has 0 aromatic heterocycles. The molecule has 1 atom stereocenters. The van der Waals surface area contributed by atoms with Gasteiger partial charge >= 0.3 is 0 Å². The van der Waals surface area contributed by atoms with Crippen LogP contribution in [-0.4, -0.2) is 0 Å². The predicted octanol–water partition coefficient (Wildman–Crippen LogP) is 3.36. The van der Waals surface area contributed by atoms with Gasteiger partial charge in [0.05, 0.1) is 0 Å². The van der Waals surface area contributed by atoms with E-state index < -0.39 is 0 Å². The largest absolute Gasteiger partial charge is 0.769 e. The van der Waals surface area contributed by atoms with Crippen molar-refractivity contribution in [3.8, 4) is 0 Å². The average Bonchev–Trinajstić information content (AvgIpc) is 2.07. The van der Waals surface area contributed by atoms with E-state index in [1.807, 2.05) is 0 Å². The van der Waals surface area contributed by atoms with Crippen LogP contribution >= 0.6 is 11.9 Å². The molecule has 0 rings (SSSR count). The third-order valence-corrected chi connectivity index (χ3v) is 2.18. The highest BCUT2D eigenvalue weighted by Crippen LogP contribution is 2.14. The zero-order chi connectivity index (χ0) is 9.98. The third kappa shape index (κ3) is 12.9. The predicted molar refractivity (Wildman–Crippen MR) is 54.0 cm³/mol. The van der Waals surface area contributed by atoms with E-state index >= 15 is 0 Å². The summed E-state index contributed by atoms with van der Waals surface area (Å²) in [7, 11) is 0. The minimum absolute atomic E-state index is 0.893. The Morgan fingerprint density at radius 1 is 1.08 bits per heavy atom. The summed E-state index contributed by atoms with van der Waals surface area (Å²) in [5.74, 6) is 1.84. The molecular formula is C10H22ClO-. The molecule has 76 valence electrons. The van der Waals surface area contributed by atoms with Crippen molar-refractivity contribution in [2.75, 3.05) is 0 Å². The van der Waals surface area contributed by atoms with Gasteiger partial charge in [-0.2, -0.15) is 0 Å². The van der Waals surface area contributed by atoms with Gasteiger partial charge in [-0.1, -0.05) is 53.4 Å². The molecule has 0 aliphatic heterocycles. The van der Waals surface area contributed by atoms with Gasteiger partial charge in [-0.3, -0.25) is 0 Å². The van der Waals surface area contributed by atoms with E-state index in [-0.39, 0.29) is 0 Å². The Balaban J connectivity index is 0. The van der Waals surface area contributed by atoms with Crippen LogP contribution < -0.4 is 4.66 Å². The van der Waals surface area contributed by atoms with Gasteiger partial charge in [0, 0.05) is 0 Å². The first-order valence-corrected chi connectivity index (χ1v) is 5.13. The molecule has 0 spiro atoms. The summed E-state index contributed by atoms with van der Waals surface area (Å²) in [6.07, 6.45) is 5.60. The first kappa shape index (κ1) is 14.8. The van der Waals surface area contributed by atoms with Gasteiger partial charge in [0.2, 0.25) is 0 Å². The summed E-state index contributed by atoms with van der Waals surface area (Å²) in [5, 5.41) is 0. The molecule has 1 nitrogen and oxygen atoms in total. The quantitative estimate of drug-likeness (QED) is 0.657. The Morgan fingerprint density at radius 2 is 1.58 bits per heavy atom. The molecule has 0 N–H and O–H groups in total. The lowest BCUT2D eigenvalue weighted by Crippen LogP contribution is -1.94. The number of hydrogen-bond donors (Lipinski definition) is 0. The van der Waals surface area contributed by atoms with Crippen molar-refractivity contribution >= 4 is 11.9 Å². The van der Waals surface area contributed by atoms with Gasteiger partial charge in [-0.25, -0.2) is 11.9 Å². The van der Waals surface area contributed by atoms with E-state index in [1.54, 1.807) is 0 Å². The van der Waals surface area contributed by atoms with E-state index in [9.17, 15) is 0 Å². The third-order valence-electron chi connectivity index (χ3n) is 2.18. The molecule has 0 radical (unpaired) electrons. The fraction of sp³-hybridized carbons (Fsp3) is 1.00.